The highest BCUT2D eigenvalue weighted by Gasteiger charge is 2.26. The molecule has 1 amide bonds. The van der Waals surface area contributed by atoms with Gasteiger partial charge in [0.15, 0.2) is 15.7 Å². The third-order valence-electron chi connectivity index (χ3n) is 4.10. The largest absolute Gasteiger partial charge is 0.496 e. The quantitative estimate of drug-likeness (QED) is 0.793. The molecule has 0 radical (unpaired) electrons. The monoisotopic (exact) mass is 395 g/mol. The van der Waals surface area contributed by atoms with Crippen molar-refractivity contribution in [3.05, 3.63) is 42.0 Å². The van der Waals surface area contributed by atoms with Crippen molar-refractivity contribution >= 4 is 21.7 Å². The Morgan fingerprint density at radius 2 is 2.11 bits per heavy atom. The highest BCUT2D eigenvalue weighted by molar-refractivity contribution is 7.91. The van der Waals surface area contributed by atoms with Crippen LogP contribution in [0.15, 0.2) is 35.5 Å². The zero-order valence-corrected chi connectivity index (χ0v) is 15.3. The second-order valence-corrected chi connectivity index (χ2v) is 8.09. The van der Waals surface area contributed by atoms with Gasteiger partial charge in [-0.2, -0.15) is 0 Å². The number of nitrogens with one attached hydrogen (secondary N) is 1. The first-order valence-corrected chi connectivity index (χ1v) is 9.81. The molecule has 1 atom stereocenters. The molecule has 1 aromatic carbocycles. The second-order valence-electron chi connectivity index (χ2n) is 6.05. The Labute approximate surface area is 155 Å². The van der Waals surface area contributed by atoms with Crippen LogP contribution in [-0.4, -0.2) is 50.4 Å². The molecule has 1 N–H and O–H groups in total. The number of halogens is 1. The average Bonchev–Trinajstić information content (AvgIpc) is 3.15. The summed E-state index contributed by atoms with van der Waals surface area (Å²) in [5.41, 5.74) is 0.00849. The van der Waals surface area contributed by atoms with Crippen molar-refractivity contribution in [1.82, 2.24) is 9.97 Å². The zero-order chi connectivity index (χ0) is 19.4. The third kappa shape index (κ3) is 4.58. The Hall–Kier alpha value is -2.59. The molecule has 1 aliphatic rings. The van der Waals surface area contributed by atoms with Gasteiger partial charge in [-0.3, -0.25) is 10.1 Å². The van der Waals surface area contributed by atoms with E-state index in [1.165, 1.54) is 25.3 Å². The molecule has 1 aromatic heterocycles. The van der Waals surface area contributed by atoms with Gasteiger partial charge in [-0.25, -0.2) is 22.8 Å². The van der Waals surface area contributed by atoms with Crippen molar-refractivity contribution in [3.63, 3.8) is 0 Å². The number of nitrogens with zero attached hydrogens (tertiary/aromatic N) is 2. The number of anilines is 1. The highest BCUT2D eigenvalue weighted by Crippen LogP contribution is 2.26. The maximum absolute atomic E-state index is 12.9. The van der Waals surface area contributed by atoms with E-state index in [4.69, 9.17) is 9.47 Å². The molecule has 0 saturated carbocycles. The normalized spacial score (nSPS) is 16.9. The van der Waals surface area contributed by atoms with Crippen LogP contribution in [0.4, 0.5) is 10.3 Å². The lowest BCUT2D eigenvalue weighted by atomic mass is 10.2. The topological polar surface area (TPSA) is 107 Å². The molecule has 8 nitrogen and oxygen atoms in total. The number of rotatable bonds is 6. The first-order valence-electron chi connectivity index (χ1n) is 8.16. The summed E-state index contributed by atoms with van der Waals surface area (Å²) in [5.74, 6) is -1.35. The number of methoxy groups -OCH3 is 1. The van der Waals surface area contributed by atoms with Gasteiger partial charge in [-0.1, -0.05) is 0 Å². The van der Waals surface area contributed by atoms with Crippen LogP contribution in [-0.2, 0) is 14.6 Å². The van der Waals surface area contributed by atoms with E-state index in [2.05, 4.69) is 15.3 Å². The molecular weight excluding hydrogens is 377 g/mol. The van der Waals surface area contributed by atoms with Gasteiger partial charge in [0.05, 0.1) is 42.3 Å². The van der Waals surface area contributed by atoms with Crippen molar-refractivity contribution in [1.29, 1.82) is 0 Å². The first-order chi connectivity index (χ1) is 12.9. The third-order valence-corrected chi connectivity index (χ3v) is 5.98. The summed E-state index contributed by atoms with van der Waals surface area (Å²) in [6.07, 6.45) is 2.50. The molecule has 1 aliphatic heterocycles. The van der Waals surface area contributed by atoms with Gasteiger partial charge in [0.2, 0.25) is 5.95 Å². The number of hydrogen-bond donors (Lipinski definition) is 1. The van der Waals surface area contributed by atoms with Crippen LogP contribution in [0.2, 0.25) is 0 Å². The van der Waals surface area contributed by atoms with Crippen molar-refractivity contribution < 1.29 is 27.1 Å². The van der Waals surface area contributed by atoms with E-state index in [1.807, 2.05) is 0 Å². The van der Waals surface area contributed by atoms with E-state index in [1.54, 1.807) is 0 Å². The summed E-state index contributed by atoms with van der Waals surface area (Å²) in [6.45, 7) is 0.957. The summed E-state index contributed by atoms with van der Waals surface area (Å²) >= 11 is 0. The summed E-state index contributed by atoms with van der Waals surface area (Å²) in [7, 11) is -2.23. The van der Waals surface area contributed by atoms with Gasteiger partial charge in [0, 0.05) is 6.61 Å². The second kappa shape index (κ2) is 7.97. The molecule has 0 spiro atoms. The Bertz CT molecular complexity index is 928. The van der Waals surface area contributed by atoms with Crippen LogP contribution in [0.1, 0.15) is 16.8 Å². The summed E-state index contributed by atoms with van der Waals surface area (Å²) < 4.78 is 48.6. The van der Waals surface area contributed by atoms with Crippen molar-refractivity contribution in [2.45, 2.75) is 11.3 Å². The van der Waals surface area contributed by atoms with Crippen LogP contribution in [0.3, 0.4) is 0 Å². The molecule has 0 unspecified atom stereocenters. The minimum Gasteiger partial charge on any atom is -0.496 e. The number of ether oxygens (including phenoxy) is 2. The lowest BCUT2D eigenvalue weighted by Crippen LogP contribution is -2.19. The van der Waals surface area contributed by atoms with Crippen LogP contribution in [0.5, 0.6) is 5.75 Å². The number of carbonyl (C=O) groups excluding carboxylic acids is 1. The molecule has 1 saturated heterocycles. The van der Waals surface area contributed by atoms with E-state index < -0.39 is 21.6 Å². The molecule has 27 heavy (non-hydrogen) atoms. The molecule has 2 aromatic rings. The van der Waals surface area contributed by atoms with Gasteiger partial charge >= 0.3 is 0 Å². The van der Waals surface area contributed by atoms with Crippen LogP contribution in [0, 0.1) is 11.7 Å². The summed E-state index contributed by atoms with van der Waals surface area (Å²) in [6, 6.07) is 4.07. The Balaban J connectivity index is 1.86. The van der Waals surface area contributed by atoms with Gasteiger partial charge < -0.3 is 9.47 Å². The average molecular weight is 395 g/mol. The van der Waals surface area contributed by atoms with E-state index in [0.29, 0.717) is 19.6 Å². The first kappa shape index (κ1) is 19.2. The Morgan fingerprint density at radius 1 is 1.37 bits per heavy atom. The van der Waals surface area contributed by atoms with Crippen LogP contribution >= 0.6 is 0 Å². The zero-order valence-electron chi connectivity index (χ0n) is 14.5. The van der Waals surface area contributed by atoms with Gasteiger partial charge in [0.1, 0.15) is 5.75 Å². The molecule has 2 heterocycles. The predicted octanol–water partition coefficient (Wildman–Crippen LogP) is 1.69. The van der Waals surface area contributed by atoms with Crippen molar-refractivity contribution in [3.8, 4) is 5.75 Å². The number of hydrogen-bond acceptors (Lipinski definition) is 7. The number of amides is 1. The van der Waals surface area contributed by atoms with E-state index >= 15 is 0 Å². The maximum atomic E-state index is 12.9. The number of carbonyl (C=O) groups is 1. The van der Waals surface area contributed by atoms with Gasteiger partial charge in [0.25, 0.3) is 5.91 Å². The molecule has 1 fully saturated rings. The van der Waals surface area contributed by atoms with Gasteiger partial charge in [-0.15, -0.1) is 0 Å². The SMILES string of the molecule is COc1ccc(S(=O)(=O)C[C@H]2CCOC2)cc1C(=O)Nc1ncc(F)cn1. The number of sulfone groups is 1. The Morgan fingerprint density at radius 3 is 2.74 bits per heavy atom. The molecule has 0 bridgehead atoms. The number of aromatic nitrogens is 2. The fourth-order valence-corrected chi connectivity index (χ4v) is 4.37. The molecule has 0 aliphatic carbocycles. The Kier molecular flexibility index (Phi) is 5.66. The molecular formula is C17H18FN3O5S. The van der Waals surface area contributed by atoms with Crippen molar-refractivity contribution in [2.75, 3.05) is 31.4 Å². The molecule has 10 heteroatoms. The van der Waals surface area contributed by atoms with Crippen LogP contribution < -0.4 is 10.1 Å². The lowest BCUT2D eigenvalue weighted by molar-refractivity contribution is 0.102. The van der Waals surface area contributed by atoms with Crippen LogP contribution in [0.25, 0.3) is 0 Å². The van der Waals surface area contributed by atoms with Gasteiger partial charge in [-0.05, 0) is 30.5 Å². The summed E-state index contributed by atoms with van der Waals surface area (Å²) in [5, 5.41) is 2.39. The molecule has 3 rings (SSSR count). The van der Waals surface area contributed by atoms with Crippen molar-refractivity contribution in [2.24, 2.45) is 5.92 Å². The van der Waals surface area contributed by atoms with E-state index in [9.17, 15) is 17.6 Å². The fraction of sp³-hybridized carbons (Fsp3) is 0.353. The fourth-order valence-electron chi connectivity index (χ4n) is 2.73. The lowest BCUT2D eigenvalue weighted by Gasteiger charge is -2.13. The number of benzene rings is 1. The molecule has 144 valence electrons. The highest BCUT2D eigenvalue weighted by atomic mass is 32.2. The van der Waals surface area contributed by atoms with E-state index in [0.717, 1.165) is 12.4 Å². The minimum atomic E-state index is -3.60. The summed E-state index contributed by atoms with van der Waals surface area (Å²) in [4.78, 5) is 19.8. The standard InChI is InChI=1S/C17H18FN3O5S/c1-25-15-3-2-13(27(23,24)10-11-4-5-26-9-11)6-14(15)16(22)21-17-19-7-12(18)8-20-17/h2-3,6-8,11H,4-5,9-10H2,1H3,(H,19,20,21,22)/t11-/m0/s1. The predicted molar refractivity (Wildman–Crippen MR) is 93.9 cm³/mol. The minimum absolute atomic E-state index is 0.00849. The maximum Gasteiger partial charge on any atom is 0.261 e. The smallest absolute Gasteiger partial charge is 0.261 e. The van der Waals surface area contributed by atoms with E-state index in [-0.39, 0.29) is 33.8 Å².